The minimum Gasteiger partial charge on any atom is -0.384 e. The van der Waals surface area contributed by atoms with Gasteiger partial charge in [-0.1, -0.05) is 0 Å². The summed E-state index contributed by atoms with van der Waals surface area (Å²) < 4.78 is 38.4. The van der Waals surface area contributed by atoms with Gasteiger partial charge in [0.25, 0.3) is 0 Å². The SMILES string of the molecule is CC(C)(O)c1ncc(NC(N)=O)cc1C(F)(F)F. The van der Waals surface area contributed by atoms with Crippen LogP contribution in [0.25, 0.3) is 0 Å². The zero-order valence-corrected chi connectivity index (χ0v) is 9.67. The number of aromatic nitrogens is 1. The molecule has 100 valence electrons. The molecule has 4 N–H and O–H groups in total. The van der Waals surface area contributed by atoms with Gasteiger partial charge in [0.05, 0.1) is 23.1 Å². The fourth-order valence-corrected chi connectivity index (χ4v) is 1.38. The Morgan fingerprint density at radius 2 is 2.00 bits per heavy atom. The lowest BCUT2D eigenvalue weighted by Crippen LogP contribution is -2.25. The number of primary amides is 1. The number of pyridine rings is 1. The van der Waals surface area contributed by atoms with Crippen molar-refractivity contribution in [2.45, 2.75) is 25.6 Å². The van der Waals surface area contributed by atoms with E-state index in [2.05, 4.69) is 4.98 Å². The van der Waals surface area contributed by atoms with Gasteiger partial charge in [0.1, 0.15) is 5.60 Å². The second kappa shape index (κ2) is 4.45. The number of amides is 2. The molecule has 0 saturated heterocycles. The van der Waals surface area contributed by atoms with Gasteiger partial charge in [-0.25, -0.2) is 4.79 Å². The predicted octanol–water partition coefficient (Wildman–Crippen LogP) is 1.82. The number of nitrogens with one attached hydrogen (secondary N) is 1. The first kappa shape index (κ1) is 14.2. The molecule has 2 amide bonds. The summed E-state index contributed by atoms with van der Waals surface area (Å²) in [4.78, 5) is 14.1. The van der Waals surface area contributed by atoms with E-state index in [1.165, 1.54) is 13.8 Å². The number of hydrogen-bond acceptors (Lipinski definition) is 3. The quantitative estimate of drug-likeness (QED) is 0.760. The van der Waals surface area contributed by atoms with E-state index in [0.29, 0.717) is 6.07 Å². The Kier molecular flexibility index (Phi) is 3.52. The maximum Gasteiger partial charge on any atom is 0.418 e. The smallest absolute Gasteiger partial charge is 0.384 e. The number of urea groups is 1. The van der Waals surface area contributed by atoms with Crippen LogP contribution < -0.4 is 11.1 Å². The summed E-state index contributed by atoms with van der Waals surface area (Å²) in [6.45, 7) is 2.37. The van der Waals surface area contributed by atoms with Gasteiger partial charge in [0, 0.05) is 0 Å². The summed E-state index contributed by atoms with van der Waals surface area (Å²) in [6.07, 6.45) is -3.70. The molecule has 1 rings (SSSR count). The van der Waals surface area contributed by atoms with Crippen LogP contribution in [0.3, 0.4) is 0 Å². The van der Waals surface area contributed by atoms with E-state index in [-0.39, 0.29) is 5.69 Å². The Balaban J connectivity index is 3.35. The van der Waals surface area contributed by atoms with Crippen molar-refractivity contribution in [3.63, 3.8) is 0 Å². The molecule has 1 heterocycles. The molecule has 5 nitrogen and oxygen atoms in total. The van der Waals surface area contributed by atoms with E-state index >= 15 is 0 Å². The highest BCUT2D eigenvalue weighted by atomic mass is 19.4. The highest BCUT2D eigenvalue weighted by Crippen LogP contribution is 2.36. The molecular formula is C10H12F3N3O2. The van der Waals surface area contributed by atoms with Crippen molar-refractivity contribution in [3.05, 3.63) is 23.5 Å². The van der Waals surface area contributed by atoms with Gasteiger partial charge >= 0.3 is 12.2 Å². The topological polar surface area (TPSA) is 88.2 Å². The molecule has 0 radical (unpaired) electrons. The average Bonchev–Trinajstić information content (AvgIpc) is 2.13. The summed E-state index contributed by atoms with van der Waals surface area (Å²) >= 11 is 0. The average molecular weight is 263 g/mol. The number of nitrogens with zero attached hydrogens (tertiary/aromatic N) is 1. The molecule has 0 aromatic carbocycles. The third-order valence-corrected chi connectivity index (χ3v) is 2.04. The van der Waals surface area contributed by atoms with Crippen LogP contribution in [-0.2, 0) is 11.8 Å². The van der Waals surface area contributed by atoms with Gasteiger partial charge in [-0.2, -0.15) is 13.2 Å². The van der Waals surface area contributed by atoms with Crippen molar-refractivity contribution < 1.29 is 23.1 Å². The maximum absolute atomic E-state index is 12.8. The van der Waals surface area contributed by atoms with Crippen LogP contribution in [0.1, 0.15) is 25.1 Å². The second-order valence-electron chi connectivity index (χ2n) is 4.17. The first-order chi connectivity index (χ1) is 8.01. The van der Waals surface area contributed by atoms with Gasteiger partial charge in [-0.3, -0.25) is 4.98 Å². The van der Waals surface area contributed by atoms with E-state index in [9.17, 15) is 23.1 Å². The minimum absolute atomic E-state index is 0.192. The van der Waals surface area contributed by atoms with Gasteiger partial charge < -0.3 is 16.2 Å². The number of nitrogens with two attached hydrogens (primary N) is 1. The van der Waals surface area contributed by atoms with Crippen LogP contribution in [-0.4, -0.2) is 16.1 Å². The standard InChI is InChI=1S/C10H12F3N3O2/c1-9(2,18)7-6(10(11,12)13)3-5(4-15-7)16-8(14)17/h3-4,18H,1-2H3,(H3,14,16,17). The Morgan fingerprint density at radius 3 is 2.39 bits per heavy atom. The lowest BCUT2D eigenvalue weighted by atomic mass is 9.98. The molecular weight excluding hydrogens is 251 g/mol. The first-order valence-electron chi connectivity index (χ1n) is 4.88. The van der Waals surface area contributed by atoms with E-state index < -0.39 is 29.1 Å². The number of hydrogen-bond donors (Lipinski definition) is 3. The molecule has 8 heteroatoms. The third-order valence-electron chi connectivity index (χ3n) is 2.04. The van der Waals surface area contributed by atoms with Crippen LogP contribution in [0.5, 0.6) is 0 Å². The summed E-state index contributed by atoms with van der Waals surface area (Å²) in [5.74, 6) is 0. The number of carbonyl (C=O) groups is 1. The Bertz CT molecular complexity index is 466. The van der Waals surface area contributed by atoms with Crippen LogP contribution in [0.15, 0.2) is 12.3 Å². The van der Waals surface area contributed by atoms with Gasteiger partial charge in [0.2, 0.25) is 0 Å². The third kappa shape index (κ3) is 3.33. The largest absolute Gasteiger partial charge is 0.418 e. The molecule has 1 aromatic heterocycles. The molecule has 0 aliphatic rings. The zero-order chi connectivity index (χ0) is 14.1. The molecule has 0 fully saturated rings. The van der Waals surface area contributed by atoms with Crippen LogP contribution in [0, 0.1) is 0 Å². The van der Waals surface area contributed by atoms with Crippen molar-refractivity contribution >= 4 is 11.7 Å². The number of aliphatic hydroxyl groups is 1. The van der Waals surface area contributed by atoms with E-state index in [0.717, 1.165) is 6.20 Å². The lowest BCUT2D eigenvalue weighted by Gasteiger charge is -2.22. The van der Waals surface area contributed by atoms with Crippen molar-refractivity contribution in [1.82, 2.24) is 4.98 Å². The number of anilines is 1. The highest BCUT2D eigenvalue weighted by molar-refractivity contribution is 5.87. The summed E-state index contributed by atoms with van der Waals surface area (Å²) in [6, 6.07) is -0.327. The predicted molar refractivity (Wildman–Crippen MR) is 57.7 cm³/mol. The molecule has 0 bridgehead atoms. The van der Waals surface area contributed by atoms with Crippen molar-refractivity contribution in [2.24, 2.45) is 5.73 Å². The molecule has 0 aliphatic carbocycles. The van der Waals surface area contributed by atoms with Crippen molar-refractivity contribution in [2.75, 3.05) is 5.32 Å². The molecule has 1 aromatic rings. The Morgan fingerprint density at radius 1 is 1.44 bits per heavy atom. The van der Waals surface area contributed by atoms with Crippen LogP contribution in [0.4, 0.5) is 23.7 Å². The monoisotopic (exact) mass is 263 g/mol. The Hall–Kier alpha value is -1.83. The second-order valence-corrected chi connectivity index (χ2v) is 4.17. The van der Waals surface area contributed by atoms with E-state index in [1.807, 2.05) is 5.32 Å². The molecule has 18 heavy (non-hydrogen) atoms. The minimum atomic E-state index is -4.70. The van der Waals surface area contributed by atoms with Gasteiger partial charge in [-0.05, 0) is 19.9 Å². The summed E-state index contributed by atoms with van der Waals surface area (Å²) in [7, 11) is 0. The Labute approximate surface area is 101 Å². The first-order valence-corrected chi connectivity index (χ1v) is 4.88. The molecule has 0 spiro atoms. The van der Waals surface area contributed by atoms with Crippen molar-refractivity contribution in [1.29, 1.82) is 0 Å². The number of carbonyl (C=O) groups excluding carboxylic acids is 1. The van der Waals surface area contributed by atoms with E-state index in [4.69, 9.17) is 5.73 Å². The maximum atomic E-state index is 12.8. The molecule has 0 saturated carbocycles. The fraction of sp³-hybridized carbons (Fsp3) is 0.400. The van der Waals surface area contributed by atoms with Gasteiger partial charge in [0.15, 0.2) is 0 Å². The lowest BCUT2D eigenvalue weighted by molar-refractivity contribution is -0.140. The zero-order valence-electron chi connectivity index (χ0n) is 9.67. The fourth-order valence-electron chi connectivity index (χ4n) is 1.38. The number of halogens is 3. The number of rotatable bonds is 2. The number of alkyl halides is 3. The summed E-state index contributed by atoms with van der Waals surface area (Å²) in [5, 5.41) is 11.6. The molecule has 0 aliphatic heterocycles. The van der Waals surface area contributed by atoms with E-state index in [1.54, 1.807) is 0 Å². The van der Waals surface area contributed by atoms with Crippen LogP contribution >= 0.6 is 0 Å². The summed E-state index contributed by atoms with van der Waals surface area (Å²) in [5.41, 5.74) is 1.21. The normalized spacial score (nSPS) is 12.3. The van der Waals surface area contributed by atoms with Crippen LogP contribution in [0.2, 0.25) is 0 Å². The van der Waals surface area contributed by atoms with Crippen molar-refractivity contribution in [3.8, 4) is 0 Å². The van der Waals surface area contributed by atoms with Gasteiger partial charge in [-0.15, -0.1) is 0 Å². The molecule has 0 atom stereocenters. The molecule has 0 unspecified atom stereocenters. The highest BCUT2D eigenvalue weighted by Gasteiger charge is 2.38.